The highest BCUT2D eigenvalue weighted by Crippen LogP contribution is 2.06. The molecular formula is C10H22ClNO2S. The van der Waals surface area contributed by atoms with E-state index in [0.29, 0.717) is 24.4 Å². The van der Waals surface area contributed by atoms with E-state index in [-0.39, 0.29) is 11.5 Å². The molecule has 0 aromatic rings. The summed E-state index contributed by atoms with van der Waals surface area (Å²) >= 11 is 5.68. The summed E-state index contributed by atoms with van der Waals surface area (Å²) in [6.45, 7) is 6.42. The Balaban J connectivity index is 3.91. The second-order valence-electron chi connectivity index (χ2n) is 4.02. The molecule has 3 nitrogen and oxygen atoms in total. The molecule has 0 aliphatic carbocycles. The van der Waals surface area contributed by atoms with Gasteiger partial charge in [-0.15, -0.1) is 11.6 Å². The van der Waals surface area contributed by atoms with Gasteiger partial charge in [0.1, 0.15) is 0 Å². The molecule has 0 aliphatic rings. The topological polar surface area (TPSA) is 46.2 Å². The lowest BCUT2D eigenvalue weighted by Crippen LogP contribution is -2.37. The third kappa shape index (κ3) is 7.14. The zero-order chi connectivity index (χ0) is 11.9. The van der Waals surface area contributed by atoms with Gasteiger partial charge in [-0.3, -0.25) is 0 Å². The van der Waals surface area contributed by atoms with Crippen molar-refractivity contribution in [3.8, 4) is 0 Å². The second-order valence-corrected chi connectivity index (χ2v) is 6.87. The Hall–Kier alpha value is 0.200. The van der Waals surface area contributed by atoms with Gasteiger partial charge in [-0.1, -0.05) is 20.8 Å². The van der Waals surface area contributed by atoms with Crippen molar-refractivity contribution in [2.45, 2.75) is 33.2 Å². The maximum Gasteiger partial charge on any atom is 0.151 e. The molecule has 0 saturated heterocycles. The van der Waals surface area contributed by atoms with Crippen LogP contribution >= 0.6 is 11.6 Å². The van der Waals surface area contributed by atoms with E-state index < -0.39 is 9.84 Å². The average molecular weight is 256 g/mol. The molecule has 0 heterocycles. The van der Waals surface area contributed by atoms with Gasteiger partial charge in [0, 0.05) is 24.2 Å². The number of nitrogens with one attached hydrogen (secondary N) is 1. The molecule has 0 fully saturated rings. The molecule has 0 rings (SSSR count). The summed E-state index contributed by atoms with van der Waals surface area (Å²) in [6, 6.07) is 0.314. The van der Waals surface area contributed by atoms with Gasteiger partial charge in [-0.05, 0) is 12.3 Å². The first-order valence-electron chi connectivity index (χ1n) is 5.42. The molecule has 15 heavy (non-hydrogen) atoms. The molecule has 1 unspecified atom stereocenters. The highest BCUT2D eigenvalue weighted by molar-refractivity contribution is 7.91. The van der Waals surface area contributed by atoms with E-state index >= 15 is 0 Å². The van der Waals surface area contributed by atoms with E-state index in [1.165, 1.54) is 0 Å². The van der Waals surface area contributed by atoms with Crippen molar-refractivity contribution in [3.05, 3.63) is 0 Å². The van der Waals surface area contributed by atoms with Gasteiger partial charge in [-0.2, -0.15) is 0 Å². The van der Waals surface area contributed by atoms with Gasteiger partial charge in [0.15, 0.2) is 9.84 Å². The normalized spacial score (nSPS) is 14.5. The monoisotopic (exact) mass is 255 g/mol. The largest absolute Gasteiger partial charge is 0.313 e. The first kappa shape index (κ1) is 15.2. The summed E-state index contributed by atoms with van der Waals surface area (Å²) in [7, 11) is -2.85. The molecule has 0 saturated carbocycles. The number of hydrogen-bond acceptors (Lipinski definition) is 3. The zero-order valence-electron chi connectivity index (χ0n) is 9.79. The Morgan fingerprint density at radius 1 is 1.33 bits per heavy atom. The lowest BCUT2D eigenvalue weighted by Gasteiger charge is -2.21. The van der Waals surface area contributed by atoms with Gasteiger partial charge in [0.2, 0.25) is 0 Å². The van der Waals surface area contributed by atoms with E-state index in [9.17, 15) is 8.42 Å². The first-order valence-corrected chi connectivity index (χ1v) is 7.78. The smallest absolute Gasteiger partial charge is 0.151 e. The third-order valence-electron chi connectivity index (χ3n) is 2.48. The van der Waals surface area contributed by atoms with Crippen LogP contribution in [0.5, 0.6) is 0 Å². The van der Waals surface area contributed by atoms with E-state index in [2.05, 4.69) is 19.2 Å². The van der Waals surface area contributed by atoms with E-state index in [4.69, 9.17) is 11.6 Å². The minimum Gasteiger partial charge on any atom is -0.313 e. The number of halogens is 1. The maximum atomic E-state index is 11.2. The Kier molecular flexibility index (Phi) is 7.57. The van der Waals surface area contributed by atoms with Crippen LogP contribution in [0.15, 0.2) is 0 Å². The second kappa shape index (κ2) is 7.47. The number of rotatable bonds is 8. The molecule has 0 aromatic heterocycles. The van der Waals surface area contributed by atoms with Crippen molar-refractivity contribution in [3.63, 3.8) is 0 Å². The number of alkyl halides is 1. The van der Waals surface area contributed by atoms with Crippen LogP contribution in [-0.2, 0) is 9.84 Å². The van der Waals surface area contributed by atoms with Crippen LogP contribution in [0.25, 0.3) is 0 Å². The molecular weight excluding hydrogens is 234 g/mol. The van der Waals surface area contributed by atoms with Crippen molar-refractivity contribution in [1.82, 2.24) is 5.32 Å². The van der Waals surface area contributed by atoms with Crippen molar-refractivity contribution < 1.29 is 8.42 Å². The van der Waals surface area contributed by atoms with Gasteiger partial charge < -0.3 is 5.32 Å². The predicted molar refractivity (Wildman–Crippen MR) is 66.3 cm³/mol. The van der Waals surface area contributed by atoms with Gasteiger partial charge >= 0.3 is 0 Å². The first-order chi connectivity index (χ1) is 6.93. The average Bonchev–Trinajstić information content (AvgIpc) is 2.16. The minimum atomic E-state index is -2.85. The molecule has 0 radical (unpaired) electrons. The van der Waals surface area contributed by atoms with E-state index in [0.717, 1.165) is 6.42 Å². The fourth-order valence-electron chi connectivity index (χ4n) is 1.33. The van der Waals surface area contributed by atoms with Crippen LogP contribution in [0, 0.1) is 5.92 Å². The Bertz CT molecular complexity index is 252. The van der Waals surface area contributed by atoms with Gasteiger partial charge in [0.25, 0.3) is 0 Å². The van der Waals surface area contributed by atoms with Crippen molar-refractivity contribution in [2.24, 2.45) is 5.92 Å². The van der Waals surface area contributed by atoms with Crippen LogP contribution in [0.2, 0.25) is 0 Å². The molecule has 1 N–H and O–H groups in total. The van der Waals surface area contributed by atoms with Gasteiger partial charge in [0.05, 0.1) is 5.75 Å². The number of hydrogen-bond donors (Lipinski definition) is 1. The summed E-state index contributed by atoms with van der Waals surface area (Å²) in [5, 5.41) is 3.25. The predicted octanol–water partition coefficient (Wildman–Crippen LogP) is 1.66. The van der Waals surface area contributed by atoms with E-state index in [1.807, 2.05) is 0 Å². The molecule has 0 amide bonds. The summed E-state index contributed by atoms with van der Waals surface area (Å²) in [5.74, 6) is 1.52. The van der Waals surface area contributed by atoms with Crippen LogP contribution in [0.1, 0.15) is 27.2 Å². The summed E-state index contributed by atoms with van der Waals surface area (Å²) in [6.07, 6.45) is 0.880. The lowest BCUT2D eigenvalue weighted by atomic mass is 10.0. The van der Waals surface area contributed by atoms with Crippen molar-refractivity contribution in [2.75, 3.05) is 23.9 Å². The lowest BCUT2D eigenvalue weighted by molar-refractivity contribution is 0.399. The molecule has 0 aromatic carbocycles. The van der Waals surface area contributed by atoms with Crippen LogP contribution < -0.4 is 5.32 Å². The quantitative estimate of drug-likeness (QED) is 0.671. The maximum absolute atomic E-state index is 11.2. The van der Waals surface area contributed by atoms with Crippen LogP contribution in [0.3, 0.4) is 0 Å². The highest BCUT2D eigenvalue weighted by atomic mass is 35.5. The number of sulfone groups is 1. The summed E-state index contributed by atoms with van der Waals surface area (Å²) in [5.41, 5.74) is 0. The van der Waals surface area contributed by atoms with Crippen molar-refractivity contribution in [1.29, 1.82) is 0 Å². The van der Waals surface area contributed by atoms with E-state index in [1.54, 1.807) is 6.92 Å². The molecule has 0 spiro atoms. The van der Waals surface area contributed by atoms with Gasteiger partial charge in [-0.25, -0.2) is 8.42 Å². The summed E-state index contributed by atoms with van der Waals surface area (Å²) < 4.78 is 22.5. The minimum absolute atomic E-state index is 0.217. The fourth-order valence-corrected chi connectivity index (χ4v) is 2.29. The molecule has 0 aliphatic heterocycles. The SMILES string of the molecule is CCS(=O)(=O)CCNC(CCCl)C(C)C. The molecule has 0 bridgehead atoms. The standard InChI is InChI=1S/C10H22ClNO2S/c1-4-15(13,14)8-7-12-10(5-6-11)9(2)3/h9-10,12H,4-8H2,1-3H3. The molecule has 92 valence electrons. The summed E-state index contributed by atoms with van der Waals surface area (Å²) in [4.78, 5) is 0. The van der Waals surface area contributed by atoms with Crippen LogP contribution in [0.4, 0.5) is 0 Å². The Morgan fingerprint density at radius 2 is 1.93 bits per heavy atom. The fraction of sp³-hybridized carbons (Fsp3) is 1.00. The third-order valence-corrected chi connectivity index (χ3v) is 4.41. The molecule has 5 heteroatoms. The van der Waals surface area contributed by atoms with Crippen LogP contribution in [-0.4, -0.2) is 38.4 Å². The zero-order valence-corrected chi connectivity index (χ0v) is 11.4. The molecule has 1 atom stereocenters. The Labute approximate surface area is 98.5 Å². The van der Waals surface area contributed by atoms with Crippen molar-refractivity contribution >= 4 is 21.4 Å². The Morgan fingerprint density at radius 3 is 2.33 bits per heavy atom. The highest BCUT2D eigenvalue weighted by Gasteiger charge is 2.13.